The van der Waals surface area contributed by atoms with Crippen molar-refractivity contribution in [1.29, 1.82) is 0 Å². The lowest BCUT2D eigenvalue weighted by Gasteiger charge is -1.97. The van der Waals surface area contributed by atoms with Gasteiger partial charge in [0.05, 0.1) is 0 Å². The Hall–Kier alpha value is -1.48. The van der Waals surface area contributed by atoms with Gasteiger partial charge in [0, 0.05) is 6.42 Å². The van der Waals surface area contributed by atoms with Gasteiger partial charge in [0.1, 0.15) is 0 Å². The maximum Gasteiger partial charge on any atom is 0.0124 e. The van der Waals surface area contributed by atoms with Crippen molar-refractivity contribution in [3.05, 3.63) is 41.0 Å². The van der Waals surface area contributed by atoms with E-state index in [-0.39, 0.29) is 0 Å². The van der Waals surface area contributed by atoms with Crippen LogP contribution in [0.4, 0.5) is 0 Å². The highest BCUT2D eigenvalue weighted by molar-refractivity contribution is 5.63. The van der Waals surface area contributed by atoms with Crippen LogP contribution in [0.15, 0.2) is 29.8 Å². The van der Waals surface area contributed by atoms with Crippen molar-refractivity contribution in [2.75, 3.05) is 0 Å². The van der Waals surface area contributed by atoms with Gasteiger partial charge >= 0.3 is 0 Å². The number of benzene rings is 1. The quantitative estimate of drug-likeness (QED) is 0.595. The van der Waals surface area contributed by atoms with Crippen molar-refractivity contribution >= 4 is 6.08 Å². The third-order valence-electron chi connectivity index (χ3n) is 2.42. The number of hydrogen-bond donors (Lipinski definition) is 0. The Morgan fingerprint density at radius 1 is 1.31 bits per heavy atom. The van der Waals surface area contributed by atoms with Crippen LogP contribution < -0.4 is 0 Å². The van der Waals surface area contributed by atoms with Crippen molar-refractivity contribution < 1.29 is 0 Å². The molecule has 0 nitrogen and oxygen atoms in total. The molecule has 64 valence electrons. The summed E-state index contributed by atoms with van der Waals surface area (Å²) in [6, 6.07) is 8.53. The molecule has 0 fully saturated rings. The highest BCUT2D eigenvalue weighted by atomic mass is 14.1. The summed E-state index contributed by atoms with van der Waals surface area (Å²) in [6.07, 6.45) is 10.5. The smallest absolute Gasteiger partial charge is 0.0124 e. The fourth-order valence-electron chi connectivity index (χ4n) is 1.74. The standard InChI is InChI=1S/C13H12/c1-2-3-6-11-9-12-7-4-5-8-13(12)10-11/h1,4-5,7-9H,3,6,10H2. The molecular weight excluding hydrogens is 156 g/mol. The zero-order valence-electron chi connectivity index (χ0n) is 7.59. The summed E-state index contributed by atoms with van der Waals surface area (Å²) in [5.41, 5.74) is 4.28. The number of hydrogen-bond acceptors (Lipinski definition) is 0. The van der Waals surface area contributed by atoms with E-state index in [4.69, 9.17) is 6.42 Å². The monoisotopic (exact) mass is 168 g/mol. The summed E-state index contributed by atoms with van der Waals surface area (Å²) in [6.45, 7) is 0. The molecular formula is C13H12. The van der Waals surface area contributed by atoms with Gasteiger partial charge in [0.15, 0.2) is 0 Å². The van der Waals surface area contributed by atoms with Crippen LogP contribution >= 0.6 is 0 Å². The van der Waals surface area contributed by atoms with Crippen LogP contribution in [0.2, 0.25) is 0 Å². The van der Waals surface area contributed by atoms with Crippen molar-refractivity contribution in [1.82, 2.24) is 0 Å². The SMILES string of the molecule is C#CCCC1=Cc2ccccc2C1. The lowest BCUT2D eigenvalue weighted by atomic mass is 10.1. The average molecular weight is 168 g/mol. The molecule has 0 heteroatoms. The van der Waals surface area contributed by atoms with Gasteiger partial charge in [-0.2, -0.15) is 0 Å². The minimum Gasteiger partial charge on any atom is -0.120 e. The number of terminal acetylenes is 1. The van der Waals surface area contributed by atoms with E-state index in [1.165, 1.54) is 16.7 Å². The molecule has 0 unspecified atom stereocenters. The first-order valence-corrected chi connectivity index (χ1v) is 4.61. The Bertz CT molecular complexity index is 377. The lowest BCUT2D eigenvalue weighted by molar-refractivity contribution is 0.967. The van der Waals surface area contributed by atoms with Gasteiger partial charge < -0.3 is 0 Å². The van der Waals surface area contributed by atoms with E-state index in [1.54, 1.807) is 0 Å². The van der Waals surface area contributed by atoms with Crippen molar-refractivity contribution in [2.24, 2.45) is 0 Å². The first-order valence-electron chi connectivity index (χ1n) is 4.61. The fraction of sp³-hybridized carbons (Fsp3) is 0.231. The van der Waals surface area contributed by atoms with Gasteiger partial charge in [-0.3, -0.25) is 0 Å². The van der Waals surface area contributed by atoms with Gasteiger partial charge in [-0.1, -0.05) is 35.9 Å². The van der Waals surface area contributed by atoms with Crippen LogP contribution in [0.3, 0.4) is 0 Å². The Labute approximate surface area is 79.3 Å². The Morgan fingerprint density at radius 3 is 2.92 bits per heavy atom. The molecule has 0 bridgehead atoms. The molecule has 0 N–H and O–H groups in total. The van der Waals surface area contributed by atoms with Gasteiger partial charge in [0.25, 0.3) is 0 Å². The number of fused-ring (bicyclic) bond motifs is 1. The van der Waals surface area contributed by atoms with Crippen LogP contribution in [0.1, 0.15) is 24.0 Å². The lowest BCUT2D eigenvalue weighted by Crippen LogP contribution is -1.83. The predicted molar refractivity (Wildman–Crippen MR) is 56.2 cm³/mol. The van der Waals surface area contributed by atoms with E-state index >= 15 is 0 Å². The van der Waals surface area contributed by atoms with E-state index in [0.29, 0.717) is 0 Å². The summed E-state index contributed by atoms with van der Waals surface area (Å²) in [5.74, 6) is 2.68. The second-order valence-corrected chi connectivity index (χ2v) is 3.38. The van der Waals surface area contributed by atoms with Crippen molar-refractivity contribution in [2.45, 2.75) is 19.3 Å². The average Bonchev–Trinajstić information content (AvgIpc) is 2.57. The summed E-state index contributed by atoms with van der Waals surface area (Å²) in [4.78, 5) is 0. The molecule has 1 aromatic rings. The molecule has 0 atom stereocenters. The Morgan fingerprint density at radius 2 is 2.15 bits per heavy atom. The summed E-state index contributed by atoms with van der Waals surface area (Å²) < 4.78 is 0. The van der Waals surface area contributed by atoms with Crippen LogP contribution in [0, 0.1) is 12.3 Å². The zero-order chi connectivity index (χ0) is 9.10. The Kier molecular flexibility index (Phi) is 2.19. The Balaban J connectivity index is 2.13. The van der Waals surface area contributed by atoms with E-state index in [2.05, 4.69) is 36.3 Å². The molecule has 0 heterocycles. The van der Waals surface area contributed by atoms with E-state index in [1.807, 2.05) is 0 Å². The minimum atomic E-state index is 0.861. The normalized spacial score (nSPS) is 13.3. The van der Waals surface area contributed by atoms with Crippen molar-refractivity contribution in [3.8, 4) is 12.3 Å². The summed E-state index contributed by atoms with van der Waals surface area (Å²) >= 11 is 0. The maximum atomic E-state index is 5.23. The molecule has 1 aliphatic rings. The molecule has 0 amide bonds. The molecule has 0 aliphatic heterocycles. The molecule has 0 aromatic heterocycles. The molecule has 0 saturated heterocycles. The van der Waals surface area contributed by atoms with Crippen LogP contribution in [-0.2, 0) is 6.42 Å². The first kappa shape index (κ1) is 8.13. The first-order chi connectivity index (χ1) is 6.40. The predicted octanol–water partition coefficient (Wildman–Crippen LogP) is 3.04. The highest BCUT2D eigenvalue weighted by Gasteiger charge is 2.10. The summed E-state index contributed by atoms with van der Waals surface area (Å²) in [7, 11) is 0. The largest absolute Gasteiger partial charge is 0.120 e. The molecule has 1 aromatic carbocycles. The maximum absolute atomic E-state index is 5.23. The minimum absolute atomic E-state index is 0.861. The number of rotatable bonds is 2. The van der Waals surface area contributed by atoms with Crippen molar-refractivity contribution in [3.63, 3.8) is 0 Å². The number of allylic oxidation sites excluding steroid dienone is 1. The third-order valence-corrected chi connectivity index (χ3v) is 2.42. The van der Waals surface area contributed by atoms with Crippen LogP contribution in [0.25, 0.3) is 6.08 Å². The van der Waals surface area contributed by atoms with Crippen LogP contribution in [-0.4, -0.2) is 0 Å². The molecule has 0 spiro atoms. The topological polar surface area (TPSA) is 0 Å². The highest BCUT2D eigenvalue weighted by Crippen LogP contribution is 2.26. The summed E-state index contributed by atoms with van der Waals surface area (Å²) in [5, 5.41) is 0. The van der Waals surface area contributed by atoms with E-state index < -0.39 is 0 Å². The van der Waals surface area contributed by atoms with E-state index in [9.17, 15) is 0 Å². The second kappa shape index (κ2) is 3.49. The second-order valence-electron chi connectivity index (χ2n) is 3.38. The molecule has 1 aliphatic carbocycles. The zero-order valence-corrected chi connectivity index (χ0v) is 7.59. The van der Waals surface area contributed by atoms with Crippen LogP contribution in [0.5, 0.6) is 0 Å². The molecule has 0 radical (unpaired) electrons. The van der Waals surface area contributed by atoms with Gasteiger partial charge in [-0.05, 0) is 24.0 Å². The van der Waals surface area contributed by atoms with Gasteiger partial charge in [-0.15, -0.1) is 12.3 Å². The molecule has 2 rings (SSSR count). The molecule has 13 heavy (non-hydrogen) atoms. The van der Waals surface area contributed by atoms with E-state index in [0.717, 1.165) is 19.3 Å². The fourth-order valence-corrected chi connectivity index (χ4v) is 1.74. The van der Waals surface area contributed by atoms with Gasteiger partial charge in [-0.25, -0.2) is 0 Å². The van der Waals surface area contributed by atoms with Gasteiger partial charge in [0.2, 0.25) is 0 Å². The molecule has 0 saturated carbocycles. The third kappa shape index (κ3) is 1.65.